The largest absolute Gasteiger partial charge is 0.395 e. The summed E-state index contributed by atoms with van der Waals surface area (Å²) in [5, 5.41) is 12.1. The van der Waals surface area contributed by atoms with Gasteiger partial charge in [0.2, 0.25) is 0 Å². The van der Waals surface area contributed by atoms with Crippen LogP contribution < -0.4 is 5.32 Å². The summed E-state index contributed by atoms with van der Waals surface area (Å²) in [5.74, 6) is 1.42. The predicted molar refractivity (Wildman–Crippen MR) is 97.7 cm³/mol. The van der Waals surface area contributed by atoms with E-state index in [0.29, 0.717) is 12.5 Å². The highest BCUT2D eigenvalue weighted by Gasteiger charge is 2.32. The van der Waals surface area contributed by atoms with Gasteiger partial charge in [-0.05, 0) is 30.5 Å². The molecule has 1 aliphatic carbocycles. The van der Waals surface area contributed by atoms with Crippen LogP contribution in [-0.2, 0) is 6.54 Å². The monoisotopic (exact) mass is 342 g/mol. The molecule has 0 bridgehead atoms. The Kier molecular flexibility index (Phi) is 5.38. The maximum absolute atomic E-state index is 12.4. The number of hydrogen-bond donors (Lipinski definition) is 2. The lowest BCUT2D eigenvalue weighted by atomic mass is 10.1. The van der Waals surface area contributed by atoms with E-state index in [2.05, 4.69) is 28.7 Å². The van der Waals surface area contributed by atoms with Crippen LogP contribution in [-0.4, -0.2) is 44.8 Å². The summed E-state index contributed by atoms with van der Waals surface area (Å²) in [6.45, 7) is 5.35. The molecule has 1 heterocycles. The number of imidazole rings is 1. The number of rotatable bonds is 7. The van der Waals surface area contributed by atoms with Crippen molar-refractivity contribution in [3.63, 3.8) is 0 Å². The lowest BCUT2D eigenvalue weighted by Gasteiger charge is -2.22. The Balaban J connectivity index is 1.68. The van der Waals surface area contributed by atoms with Crippen LogP contribution in [0.25, 0.3) is 0 Å². The van der Waals surface area contributed by atoms with Crippen molar-refractivity contribution >= 4 is 11.7 Å². The molecular weight excluding hydrogens is 316 g/mol. The third-order valence-electron chi connectivity index (χ3n) is 4.38. The summed E-state index contributed by atoms with van der Waals surface area (Å²) in [7, 11) is 0. The van der Waals surface area contributed by atoms with Gasteiger partial charge >= 0.3 is 6.03 Å². The summed E-state index contributed by atoms with van der Waals surface area (Å²) >= 11 is 0. The first kappa shape index (κ1) is 17.5. The molecule has 134 valence electrons. The molecule has 2 amide bonds. The minimum Gasteiger partial charge on any atom is -0.395 e. The van der Waals surface area contributed by atoms with Crippen LogP contribution in [0.5, 0.6) is 0 Å². The molecule has 2 aromatic rings. The highest BCUT2D eigenvalue weighted by Crippen LogP contribution is 2.27. The number of anilines is 1. The van der Waals surface area contributed by atoms with E-state index in [1.807, 2.05) is 36.7 Å². The summed E-state index contributed by atoms with van der Waals surface area (Å²) in [6, 6.07) is 8.01. The number of nitrogens with one attached hydrogen (secondary N) is 1. The van der Waals surface area contributed by atoms with Crippen molar-refractivity contribution in [1.82, 2.24) is 14.5 Å². The van der Waals surface area contributed by atoms with Gasteiger partial charge in [-0.1, -0.05) is 26.0 Å². The van der Waals surface area contributed by atoms with Gasteiger partial charge in [0.25, 0.3) is 0 Å². The van der Waals surface area contributed by atoms with Crippen LogP contribution >= 0.6 is 0 Å². The number of amides is 2. The smallest absolute Gasteiger partial charge is 0.322 e. The zero-order valence-corrected chi connectivity index (χ0v) is 14.9. The van der Waals surface area contributed by atoms with Crippen molar-refractivity contribution in [2.75, 3.05) is 18.5 Å². The number of nitrogens with zero attached hydrogens (tertiary/aromatic N) is 3. The molecular formula is C19H26N4O2. The normalized spacial score (nSPS) is 13.9. The summed E-state index contributed by atoms with van der Waals surface area (Å²) in [5.41, 5.74) is 1.88. The van der Waals surface area contributed by atoms with Gasteiger partial charge in [0.15, 0.2) is 0 Å². The highest BCUT2D eigenvalue weighted by atomic mass is 16.3. The molecule has 1 fully saturated rings. The number of carbonyl (C=O) groups is 1. The molecule has 0 saturated heterocycles. The molecule has 3 rings (SSSR count). The minimum absolute atomic E-state index is 0.0113. The van der Waals surface area contributed by atoms with E-state index in [1.54, 1.807) is 4.90 Å². The molecule has 2 N–H and O–H groups in total. The van der Waals surface area contributed by atoms with Gasteiger partial charge in [0.1, 0.15) is 5.82 Å². The van der Waals surface area contributed by atoms with E-state index in [-0.39, 0.29) is 18.7 Å². The van der Waals surface area contributed by atoms with E-state index in [9.17, 15) is 4.79 Å². The Morgan fingerprint density at radius 2 is 2.24 bits per heavy atom. The average molecular weight is 342 g/mol. The summed E-state index contributed by atoms with van der Waals surface area (Å²) < 4.78 is 2.13. The third-order valence-corrected chi connectivity index (χ3v) is 4.38. The first-order valence-corrected chi connectivity index (χ1v) is 8.87. The van der Waals surface area contributed by atoms with Crippen molar-refractivity contribution < 1.29 is 9.90 Å². The summed E-state index contributed by atoms with van der Waals surface area (Å²) in [6.07, 6.45) is 5.85. The second-order valence-corrected chi connectivity index (χ2v) is 6.85. The van der Waals surface area contributed by atoms with E-state index < -0.39 is 0 Å². The third kappa shape index (κ3) is 4.39. The first-order valence-electron chi connectivity index (χ1n) is 8.87. The molecule has 0 spiro atoms. The van der Waals surface area contributed by atoms with Crippen LogP contribution in [0.1, 0.15) is 44.0 Å². The number of benzene rings is 1. The fraction of sp³-hybridized carbons (Fsp3) is 0.474. The number of urea groups is 1. The molecule has 6 heteroatoms. The van der Waals surface area contributed by atoms with E-state index in [0.717, 1.165) is 36.5 Å². The average Bonchev–Trinajstić information content (AvgIpc) is 3.31. The van der Waals surface area contributed by atoms with Crippen LogP contribution in [0.15, 0.2) is 36.7 Å². The molecule has 6 nitrogen and oxygen atoms in total. The molecule has 0 atom stereocenters. The number of aromatic nitrogens is 2. The van der Waals surface area contributed by atoms with Crippen molar-refractivity contribution in [2.45, 2.75) is 45.2 Å². The Hall–Kier alpha value is -2.34. The quantitative estimate of drug-likeness (QED) is 0.812. The predicted octanol–water partition coefficient (Wildman–Crippen LogP) is 3.04. The van der Waals surface area contributed by atoms with E-state index in [4.69, 9.17) is 5.11 Å². The van der Waals surface area contributed by atoms with Crippen LogP contribution in [0.2, 0.25) is 0 Å². The highest BCUT2D eigenvalue weighted by molar-refractivity contribution is 5.89. The Morgan fingerprint density at radius 1 is 1.44 bits per heavy atom. The fourth-order valence-corrected chi connectivity index (χ4v) is 3.04. The second-order valence-electron chi connectivity index (χ2n) is 6.85. The van der Waals surface area contributed by atoms with Crippen LogP contribution in [0, 0.1) is 0 Å². The van der Waals surface area contributed by atoms with Gasteiger partial charge < -0.3 is 19.9 Å². The van der Waals surface area contributed by atoms with Crippen molar-refractivity contribution in [3.05, 3.63) is 48.0 Å². The second kappa shape index (κ2) is 7.70. The van der Waals surface area contributed by atoms with Gasteiger partial charge in [0.05, 0.1) is 6.61 Å². The molecule has 25 heavy (non-hydrogen) atoms. The molecule has 1 saturated carbocycles. The standard InChI is InChI=1S/C19H26N4O2/c1-14(2)18-20-8-9-22(18)13-15-4-3-5-16(12-15)21-19(25)23(10-11-24)17-6-7-17/h3-5,8-9,12,14,17,24H,6-7,10-11,13H2,1-2H3,(H,21,25). The van der Waals surface area contributed by atoms with Gasteiger partial charge in [0, 0.05) is 43.1 Å². The zero-order chi connectivity index (χ0) is 17.8. The summed E-state index contributed by atoms with van der Waals surface area (Å²) in [4.78, 5) is 18.6. The van der Waals surface area contributed by atoms with E-state index >= 15 is 0 Å². The number of carbonyl (C=O) groups excluding carboxylic acids is 1. The molecule has 1 aromatic heterocycles. The topological polar surface area (TPSA) is 70.4 Å². The van der Waals surface area contributed by atoms with Crippen LogP contribution in [0.4, 0.5) is 10.5 Å². The molecule has 1 aromatic carbocycles. The molecule has 0 unspecified atom stereocenters. The van der Waals surface area contributed by atoms with Gasteiger partial charge in [-0.3, -0.25) is 0 Å². The van der Waals surface area contributed by atoms with Crippen molar-refractivity contribution in [3.8, 4) is 0 Å². The zero-order valence-electron chi connectivity index (χ0n) is 14.9. The van der Waals surface area contributed by atoms with Gasteiger partial charge in [-0.25, -0.2) is 9.78 Å². The SMILES string of the molecule is CC(C)c1nccn1Cc1cccc(NC(=O)N(CCO)C2CC2)c1. The number of aliphatic hydroxyl groups excluding tert-OH is 1. The maximum Gasteiger partial charge on any atom is 0.322 e. The Labute approximate surface area is 148 Å². The van der Waals surface area contributed by atoms with E-state index in [1.165, 1.54) is 0 Å². The Morgan fingerprint density at radius 3 is 2.92 bits per heavy atom. The molecule has 0 radical (unpaired) electrons. The van der Waals surface area contributed by atoms with Gasteiger partial charge in [-0.2, -0.15) is 0 Å². The first-order chi connectivity index (χ1) is 12.1. The number of hydrogen-bond acceptors (Lipinski definition) is 3. The van der Waals surface area contributed by atoms with Crippen molar-refractivity contribution in [1.29, 1.82) is 0 Å². The lowest BCUT2D eigenvalue weighted by Crippen LogP contribution is -2.38. The maximum atomic E-state index is 12.4. The van der Waals surface area contributed by atoms with Crippen LogP contribution in [0.3, 0.4) is 0 Å². The molecule has 1 aliphatic rings. The minimum atomic E-state index is -0.140. The van der Waals surface area contributed by atoms with Gasteiger partial charge in [-0.15, -0.1) is 0 Å². The lowest BCUT2D eigenvalue weighted by molar-refractivity contribution is 0.185. The molecule has 0 aliphatic heterocycles. The number of aliphatic hydroxyl groups is 1. The fourth-order valence-electron chi connectivity index (χ4n) is 3.04. The van der Waals surface area contributed by atoms with Crippen molar-refractivity contribution in [2.24, 2.45) is 0 Å². The Bertz CT molecular complexity index is 722.